The zero-order valence-electron chi connectivity index (χ0n) is 9.63. The smallest absolute Gasteiger partial charge is 0.0196 e. The van der Waals surface area contributed by atoms with E-state index >= 15 is 0 Å². The van der Waals surface area contributed by atoms with Gasteiger partial charge in [0, 0.05) is 0 Å². The summed E-state index contributed by atoms with van der Waals surface area (Å²) < 4.78 is 0. The second kappa shape index (κ2) is 5.16. The number of rotatable bonds is 3. The molecule has 0 spiro atoms. The molecule has 15 heavy (non-hydrogen) atoms. The molecule has 2 rings (SSSR count). The summed E-state index contributed by atoms with van der Waals surface area (Å²) in [6.07, 6.45) is 10.2. The van der Waals surface area contributed by atoms with Crippen LogP contribution in [0, 0.1) is 0 Å². The fourth-order valence-electron chi connectivity index (χ4n) is 2.33. The van der Waals surface area contributed by atoms with Gasteiger partial charge in [-0.3, -0.25) is 0 Å². The lowest BCUT2D eigenvalue weighted by atomic mass is 9.96. The maximum Gasteiger partial charge on any atom is -0.0196 e. The second-order valence-corrected chi connectivity index (χ2v) is 4.38. The summed E-state index contributed by atoms with van der Waals surface area (Å²) in [6.45, 7) is 2.27. The van der Waals surface area contributed by atoms with Crippen molar-refractivity contribution in [3.63, 3.8) is 0 Å². The van der Waals surface area contributed by atoms with Gasteiger partial charge in [0.15, 0.2) is 0 Å². The first-order valence-electron chi connectivity index (χ1n) is 6.19. The maximum atomic E-state index is 2.46. The molecule has 0 atom stereocenters. The lowest BCUT2D eigenvalue weighted by Gasteiger charge is -2.09. The van der Waals surface area contributed by atoms with Crippen LogP contribution in [-0.2, 0) is 6.42 Å². The molecule has 0 radical (unpaired) electrons. The summed E-state index contributed by atoms with van der Waals surface area (Å²) in [6, 6.07) is 8.92. The number of fused-ring (bicyclic) bond motifs is 1. The van der Waals surface area contributed by atoms with Gasteiger partial charge in [0.1, 0.15) is 0 Å². The lowest BCUT2D eigenvalue weighted by molar-refractivity contribution is 0.822. The Labute approximate surface area is 93.0 Å². The highest BCUT2D eigenvalue weighted by molar-refractivity contribution is 5.68. The van der Waals surface area contributed by atoms with E-state index in [4.69, 9.17) is 0 Å². The molecule has 0 nitrogen and oxygen atoms in total. The van der Waals surface area contributed by atoms with Crippen molar-refractivity contribution in [2.45, 2.75) is 45.4 Å². The van der Waals surface area contributed by atoms with Crippen LogP contribution in [0.3, 0.4) is 0 Å². The molecule has 0 unspecified atom stereocenters. The summed E-state index contributed by atoms with van der Waals surface area (Å²) in [4.78, 5) is 0. The SMILES string of the molecule is CCCCC1=CCCCc2ccccc21. The van der Waals surface area contributed by atoms with Gasteiger partial charge in [-0.15, -0.1) is 0 Å². The molecule has 0 saturated carbocycles. The molecular weight excluding hydrogens is 180 g/mol. The molecule has 1 aromatic rings. The molecular formula is C15H20. The molecule has 0 aliphatic heterocycles. The molecule has 0 amide bonds. The van der Waals surface area contributed by atoms with Crippen LogP contribution in [0.4, 0.5) is 0 Å². The number of allylic oxidation sites excluding steroid dienone is 2. The number of aryl methyl sites for hydroxylation is 1. The number of hydrogen-bond donors (Lipinski definition) is 0. The third-order valence-electron chi connectivity index (χ3n) is 3.20. The summed E-state index contributed by atoms with van der Waals surface area (Å²) in [5.41, 5.74) is 4.66. The molecule has 0 aromatic heterocycles. The van der Waals surface area contributed by atoms with Crippen LogP contribution in [0.15, 0.2) is 30.3 Å². The molecule has 0 N–H and O–H groups in total. The first-order chi connectivity index (χ1) is 7.42. The highest BCUT2D eigenvalue weighted by Gasteiger charge is 2.09. The maximum absolute atomic E-state index is 2.46. The summed E-state index contributed by atoms with van der Waals surface area (Å²) in [7, 11) is 0. The van der Waals surface area contributed by atoms with Crippen LogP contribution >= 0.6 is 0 Å². The van der Waals surface area contributed by atoms with E-state index in [1.54, 1.807) is 11.1 Å². The minimum absolute atomic E-state index is 1.25. The molecule has 0 heterocycles. The minimum atomic E-state index is 1.25. The van der Waals surface area contributed by atoms with Crippen molar-refractivity contribution >= 4 is 5.57 Å². The van der Waals surface area contributed by atoms with Gasteiger partial charge < -0.3 is 0 Å². The van der Waals surface area contributed by atoms with Crippen molar-refractivity contribution in [1.82, 2.24) is 0 Å². The normalized spacial score (nSPS) is 15.4. The van der Waals surface area contributed by atoms with E-state index in [-0.39, 0.29) is 0 Å². The Kier molecular flexibility index (Phi) is 3.60. The van der Waals surface area contributed by atoms with Crippen molar-refractivity contribution in [2.24, 2.45) is 0 Å². The fourth-order valence-corrected chi connectivity index (χ4v) is 2.33. The lowest BCUT2D eigenvalue weighted by Crippen LogP contribution is -1.91. The van der Waals surface area contributed by atoms with Crippen LogP contribution in [-0.4, -0.2) is 0 Å². The summed E-state index contributed by atoms with van der Waals surface area (Å²) in [5.74, 6) is 0. The Hall–Kier alpha value is -1.04. The van der Waals surface area contributed by atoms with Gasteiger partial charge in [0.05, 0.1) is 0 Å². The average molecular weight is 200 g/mol. The monoisotopic (exact) mass is 200 g/mol. The molecule has 1 aromatic carbocycles. The molecule has 1 aliphatic rings. The van der Waals surface area contributed by atoms with Gasteiger partial charge in [-0.1, -0.05) is 43.7 Å². The van der Waals surface area contributed by atoms with E-state index < -0.39 is 0 Å². The van der Waals surface area contributed by atoms with Crippen LogP contribution < -0.4 is 0 Å². The first kappa shape index (κ1) is 10.5. The van der Waals surface area contributed by atoms with Crippen LogP contribution in [0.25, 0.3) is 5.57 Å². The zero-order chi connectivity index (χ0) is 10.5. The Morgan fingerprint density at radius 2 is 2.07 bits per heavy atom. The number of benzene rings is 1. The topological polar surface area (TPSA) is 0 Å². The Bertz CT molecular complexity index is 347. The predicted molar refractivity (Wildman–Crippen MR) is 66.9 cm³/mol. The second-order valence-electron chi connectivity index (χ2n) is 4.38. The Morgan fingerprint density at radius 1 is 1.20 bits per heavy atom. The number of unbranched alkanes of at least 4 members (excludes halogenated alkanes) is 1. The third kappa shape index (κ3) is 2.50. The van der Waals surface area contributed by atoms with Gasteiger partial charge in [0.25, 0.3) is 0 Å². The van der Waals surface area contributed by atoms with Crippen molar-refractivity contribution in [1.29, 1.82) is 0 Å². The largest absolute Gasteiger partial charge is 0.0807 e. The van der Waals surface area contributed by atoms with E-state index in [9.17, 15) is 0 Å². The molecule has 1 aliphatic carbocycles. The third-order valence-corrected chi connectivity index (χ3v) is 3.20. The van der Waals surface area contributed by atoms with Crippen LogP contribution in [0.5, 0.6) is 0 Å². The average Bonchev–Trinajstić information content (AvgIpc) is 2.49. The van der Waals surface area contributed by atoms with Crippen molar-refractivity contribution in [3.8, 4) is 0 Å². The van der Waals surface area contributed by atoms with E-state index in [2.05, 4.69) is 37.3 Å². The van der Waals surface area contributed by atoms with Crippen molar-refractivity contribution < 1.29 is 0 Å². The fraction of sp³-hybridized carbons (Fsp3) is 0.467. The van der Waals surface area contributed by atoms with E-state index in [0.29, 0.717) is 0 Å². The van der Waals surface area contributed by atoms with Gasteiger partial charge in [-0.05, 0) is 48.8 Å². The van der Waals surface area contributed by atoms with Crippen molar-refractivity contribution in [2.75, 3.05) is 0 Å². The standard InChI is InChI=1S/C15H20/c1-2-3-8-13-9-4-5-10-14-11-6-7-12-15(13)14/h6-7,9,11-12H,2-5,8,10H2,1H3. The first-order valence-corrected chi connectivity index (χ1v) is 6.19. The minimum Gasteiger partial charge on any atom is -0.0807 e. The van der Waals surface area contributed by atoms with Gasteiger partial charge in [-0.25, -0.2) is 0 Å². The van der Waals surface area contributed by atoms with Crippen LogP contribution in [0.2, 0.25) is 0 Å². The quantitative estimate of drug-likeness (QED) is 0.669. The summed E-state index contributed by atoms with van der Waals surface area (Å²) in [5, 5.41) is 0. The molecule has 0 fully saturated rings. The van der Waals surface area contributed by atoms with Gasteiger partial charge in [0.2, 0.25) is 0 Å². The molecule has 0 heteroatoms. The highest BCUT2D eigenvalue weighted by Crippen LogP contribution is 2.28. The summed E-state index contributed by atoms with van der Waals surface area (Å²) >= 11 is 0. The molecule has 0 bridgehead atoms. The van der Waals surface area contributed by atoms with Crippen molar-refractivity contribution in [3.05, 3.63) is 41.5 Å². The predicted octanol–water partition coefficient (Wildman–Crippen LogP) is 4.60. The van der Waals surface area contributed by atoms with Gasteiger partial charge in [-0.2, -0.15) is 0 Å². The van der Waals surface area contributed by atoms with E-state index in [1.165, 1.54) is 44.1 Å². The van der Waals surface area contributed by atoms with E-state index in [1.807, 2.05) is 0 Å². The van der Waals surface area contributed by atoms with Crippen LogP contribution in [0.1, 0.15) is 50.2 Å². The molecule has 80 valence electrons. The number of hydrogen-bond acceptors (Lipinski definition) is 0. The Morgan fingerprint density at radius 3 is 2.93 bits per heavy atom. The van der Waals surface area contributed by atoms with Gasteiger partial charge >= 0.3 is 0 Å². The zero-order valence-corrected chi connectivity index (χ0v) is 9.63. The van der Waals surface area contributed by atoms with E-state index in [0.717, 1.165) is 0 Å². The Balaban J connectivity index is 2.26. The molecule has 0 saturated heterocycles. The highest BCUT2D eigenvalue weighted by atomic mass is 14.1.